The Morgan fingerprint density at radius 3 is 2.67 bits per heavy atom. The largest absolute Gasteiger partial charge is 0.352 e. The van der Waals surface area contributed by atoms with E-state index in [2.05, 4.69) is 10.3 Å². The highest BCUT2D eigenvalue weighted by molar-refractivity contribution is 7.89. The van der Waals surface area contributed by atoms with Gasteiger partial charge in [0.15, 0.2) is 0 Å². The first-order valence-electron chi connectivity index (χ1n) is 11.4. The van der Waals surface area contributed by atoms with Crippen molar-refractivity contribution < 1.29 is 13.2 Å². The van der Waals surface area contributed by atoms with Gasteiger partial charge in [-0.05, 0) is 42.9 Å². The number of para-hydroxylation sites is 1. The van der Waals surface area contributed by atoms with Crippen molar-refractivity contribution in [2.24, 2.45) is 5.92 Å². The average molecular weight is 467 g/mol. The molecule has 0 saturated carbocycles. The Morgan fingerprint density at radius 2 is 1.88 bits per heavy atom. The quantitative estimate of drug-likeness (QED) is 0.525. The molecule has 2 heterocycles. The molecule has 1 N–H and O–H groups in total. The monoisotopic (exact) mass is 466 g/mol. The fourth-order valence-corrected chi connectivity index (χ4v) is 5.86. The van der Waals surface area contributed by atoms with Crippen molar-refractivity contribution in [2.75, 3.05) is 18.8 Å². The van der Waals surface area contributed by atoms with Gasteiger partial charge in [0.25, 0.3) is 0 Å². The van der Waals surface area contributed by atoms with Crippen molar-refractivity contribution in [2.45, 2.75) is 32.2 Å². The molecule has 4 rings (SSSR count). The minimum atomic E-state index is -3.38. The average Bonchev–Trinajstić information content (AvgIpc) is 3.38. The molecule has 1 amide bonds. The zero-order valence-electron chi connectivity index (χ0n) is 18.6. The molecule has 1 aromatic heterocycles. The Balaban J connectivity index is 1.31. The van der Waals surface area contributed by atoms with Crippen LogP contribution in [-0.2, 0) is 27.8 Å². The van der Waals surface area contributed by atoms with Gasteiger partial charge in [-0.25, -0.2) is 17.7 Å². The number of hydrogen-bond acceptors (Lipinski definition) is 4. The molecule has 0 spiro atoms. The Morgan fingerprint density at radius 1 is 1.09 bits per heavy atom. The van der Waals surface area contributed by atoms with Crippen LogP contribution in [0.3, 0.4) is 0 Å². The van der Waals surface area contributed by atoms with Crippen molar-refractivity contribution in [3.8, 4) is 5.69 Å². The minimum absolute atomic E-state index is 0.0976. The number of carbonyl (C=O) groups is 1. The minimum Gasteiger partial charge on any atom is -0.352 e. The molecule has 0 bridgehead atoms. The summed E-state index contributed by atoms with van der Waals surface area (Å²) in [4.78, 5) is 17.0. The highest BCUT2D eigenvalue weighted by atomic mass is 32.2. The van der Waals surface area contributed by atoms with Crippen LogP contribution < -0.4 is 5.32 Å². The van der Waals surface area contributed by atoms with Crippen molar-refractivity contribution in [3.05, 3.63) is 84.4 Å². The predicted octanol–water partition coefficient (Wildman–Crippen LogP) is 3.16. The number of nitrogens with zero attached hydrogens (tertiary/aromatic N) is 3. The third-order valence-electron chi connectivity index (χ3n) is 6.09. The van der Waals surface area contributed by atoms with E-state index in [1.807, 2.05) is 65.4 Å². The Labute approximate surface area is 195 Å². The van der Waals surface area contributed by atoms with Crippen LogP contribution in [0.4, 0.5) is 0 Å². The van der Waals surface area contributed by atoms with Gasteiger partial charge in [0, 0.05) is 32.0 Å². The van der Waals surface area contributed by atoms with E-state index in [-0.39, 0.29) is 24.1 Å². The zero-order chi connectivity index (χ0) is 23.1. The SMILES string of the molecule is O=C(NCc1ccccc1-n1ccnc1)[C@@H]1CCCN(S(=O)(=O)CCCc2ccccc2)C1. The molecule has 1 aliphatic heterocycles. The number of piperidine rings is 1. The summed E-state index contributed by atoms with van der Waals surface area (Å²) in [5.41, 5.74) is 3.08. The molecule has 0 radical (unpaired) electrons. The lowest BCUT2D eigenvalue weighted by Crippen LogP contribution is -2.46. The first-order valence-corrected chi connectivity index (χ1v) is 13.0. The molecule has 1 aliphatic rings. The fraction of sp³-hybridized carbons (Fsp3) is 0.360. The molecule has 1 atom stereocenters. The molecule has 0 aliphatic carbocycles. The second-order valence-corrected chi connectivity index (χ2v) is 10.5. The van der Waals surface area contributed by atoms with E-state index < -0.39 is 10.0 Å². The molecular weight excluding hydrogens is 436 g/mol. The lowest BCUT2D eigenvalue weighted by Gasteiger charge is -2.31. The Kier molecular flexibility index (Phi) is 7.57. The van der Waals surface area contributed by atoms with Gasteiger partial charge in [-0.2, -0.15) is 0 Å². The summed E-state index contributed by atoms with van der Waals surface area (Å²) in [6.07, 6.45) is 8.00. The third kappa shape index (κ3) is 6.09. The summed E-state index contributed by atoms with van der Waals surface area (Å²) in [7, 11) is -3.38. The van der Waals surface area contributed by atoms with Crippen molar-refractivity contribution in [1.29, 1.82) is 0 Å². The van der Waals surface area contributed by atoms with Crippen LogP contribution in [-0.4, -0.2) is 47.0 Å². The molecular formula is C25H30N4O3S. The molecule has 2 aromatic carbocycles. The van der Waals surface area contributed by atoms with E-state index in [1.165, 1.54) is 4.31 Å². The van der Waals surface area contributed by atoms with E-state index in [1.54, 1.807) is 12.5 Å². The first-order chi connectivity index (χ1) is 16.0. The fourth-order valence-electron chi connectivity index (χ4n) is 4.28. The summed E-state index contributed by atoms with van der Waals surface area (Å²) >= 11 is 0. The molecule has 1 fully saturated rings. The van der Waals surface area contributed by atoms with E-state index in [0.717, 1.165) is 23.2 Å². The van der Waals surface area contributed by atoms with Crippen molar-refractivity contribution in [3.63, 3.8) is 0 Å². The standard InChI is InChI=1S/C25H30N4O3S/c30-25(27-18-22-11-4-5-13-24(22)28-16-14-26-20-28)23-12-6-15-29(19-23)33(31,32)17-7-10-21-8-2-1-3-9-21/h1-5,8-9,11,13-14,16,20,23H,6-7,10,12,15,17-19H2,(H,27,30)/t23-/m1/s1. The van der Waals surface area contributed by atoms with Gasteiger partial charge in [0.2, 0.25) is 15.9 Å². The molecule has 3 aromatic rings. The highest BCUT2D eigenvalue weighted by Gasteiger charge is 2.32. The molecule has 0 unspecified atom stereocenters. The van der Waals surface area contributed by atoms with Gasteiger partial charge in [0.05, 0.1) is 23.7 Å². The maximum atomic E-state index is 12.9. The van der Waals surface area contributed by atoms with E-state index in [9.17, 15) is 13.2 Å². The van der Waals surface area contributed by atoms with Crippen molar-refractivity contribution >= 4 is 15.9 Å². The van der Waals surface area contributed by atoms with Gasteiger partial charge in [0.1, 0.15) is 0 Å². The van der Waals surface area contributed by atoms with Crippen LogP contribution in [0.15, 0.2) is 73.3 Å². The van der Waals surface area contributed by atoms with Gasteiger partial charge in [-0.1, -0.05) is 48.5 Å². The van der Waals surface area contributed by atoms with E-state index in [4.69, 9.17) is 0 Å². The molecule has 174 valence electrons. The number of aryl methyl sites for hydroxylation is 1. The number of sulfonamides is 1. The van der Waals surface area contributed by atoms with Crippen LogP contribution in [0.2, 0.25) is 0 Å². The number of nitrogens with one attached hydrogen (secondary N) is 1. The number of imidazole rings is 1. The maximum Gasteiger partial charge on any atom is 0.224 e. The summed E-state index contributed by atoms with van der Waals surface area (Å²) in [5, 5.41) is 3.01. The Hall–Kier alpha value is -2.97. The molecule has 1 saturated heterocycles. The summed E-state index contributed by atoms with van der Waals surface area (Å²) in [6, 6.07) is 17.7. The lowest BCUT2D eigenvalue weighted by atomic mass is 9.98. The van der Waals surface area contributed by atoms with Gasteiger partial charge < -0.3 is 9.88 Å². The second-order valence-electron chi connectivity index (χ2n) is 8.42. The van der Waals surface area contributed by atoms with Gasteiger partial charge in [-0.15, -0.1) is 0 Å². The number of carbonyl (C=O) groups excluding carboxylic acids is 1. The Bertz CT molecular complexity index is 1150. The van der Waals surface area contributed by atoms with Crippen LogP contribution in [0.25, 0.3) is 5.69 Å². The van der Waals surface area contributed by atoms with E-state index >= 15 is 0 Å². The number of aromatic nitrogens is 2. The summed E-state index contributed by atoms with van der Waals surface area (Å²) in [5.74, 6) is -0.322. The lowest BCUT2D eigenvalue weighted by molar-refractivity contribution is -0.126. The normalized spacial score (nSPS) is 17.0. The van der Waals surface area contributed by atoms with Crippen LogP contribution in [0.5, 0.6) is 0 Å². The smallest absolute Gasteiger partial charge is 0.224 e. The number of amides is 1. The maximum absolute atomic E-state index is 12.9. The second kappa shape index (κ2) is 10.8. The number of hydrogen-bond donors (Lipinski definition) is 1. The van der Waals surface area contributed by atoms with Crippen LogP contribution in [0, 0.1) is 5.92 Å². The number of benzene rings is 2. The van der Waals surface area contributed by atoms with E-state index in [0.29, 0.717) is 32.4 Å². The number of rotatable bonds is 9. The molecule has 8 heteroatoms. The molecule has 7 nitrogen and oxygen atoms in total. The first kappa shape index (κ1) is 23.2. The topological polar surface area (TPSA) is 84.3 Å². The zero-order valence-corrected chi connectivity index (χ0v) is 19.5. The summed E-state index contributed by atoms with van der Waals surface area (Å²) in [6.45, 7) is 1.12. The summed E-state index contributed by atoms with van der Waals surface area (Å²) < 4.78 is 29.2. The molecule has 33 heavy (non-hydrogen) atoms. The van der Waals surface area contributed by atoms with Crippen LogP contribution in [0.1, 0.15) is 30.4 Å². The third-order valence-corrected chi connectivity index (χ3v) is 8.01. The predicted molar refractivity (Wildman–Crippen MR) is 128 cm³/mol. The van der Waals surface area contributed by atoms with Crippen molar-refractivity contribution in [1.82, 2.24) is 19.2 Å². The van der Waals surface area contributed by atoms with Gasteiger partial charge >= 0.3 is 0 Å². The van der Waals surface area contributed by atoms with Gasteiger partial charge in [-0.3, -0.25) is 4.79 Å². The van der Waals surface area contributed by atoms with Crippen LogP contribution >= 0.6 is 0 Å². The highest BCUT2D eigenvalue weighted by Crippen LogP contribution is 2.21.